The van der Waals surface area contributed by atoms with Gasteiger partial charge in [0, 0.05) is 0 Å². The highest BCUT2D eigenvalue weighted by Crippen LogP contribution is 1.55. The predicted octanol–water partition coefficient (Wildman–Crippen LogP) is 0.187. The van der Waals surface area contributed by atoms with Gasteiger partial charge in [-0.15, -0.1) is 0 Å². The molecule has 0 saturated carbocycles. The van der Waals surface area contributed by atoms with Gasteiger partial charge in [-0.1, -0.05) is 0 Å². The fourth-order valence-corrected chi connectivity index (χ4v) is 0.129. The van der Waals surface area contributed by atoms with E-state index in [9.17, 15) is 4.79 Å². The van der Waals surface area contributed by atoms with Crippen LogP contribution in [-0.4, -0.2) is 19.0 Å². The summed E-state index contributed by atoms with van der Waals surface area (Å²) in [6.45, 7) is 1.94. The molecule has 0 aliphatic rings. The zero-order valence-corrected chi connectivity index (χ0v) is 3.64. The summed E-state index contributed by atoms with van der Waals surface area (Å²) in [5.74, 6) is 0. The van der Waals surface area contributed by atoms with Crippen LogP contribution in [0.4, 0.5) is 0 Å². The van der Waals surface area contributed by atoms with Gasteiger partial charge in [0.15, 0.2) is 0 Å². The Bertz CT molecular complexity index is 58.6. The number of hydrogen-bond donors (Lipinski definition) is 0. The topological polar surface area (TPSA) is 29.4 Å². The minimum Gasteiger partial charge on any atom is -0.289 e. The molecule has 0 atom stereocenters. The van der Waals surface area contributed by atoms with Crippen molar-refractivity contribution in [2.24, 2.45) is 4.99 Å². The van der Waals surface area contributed by atoms with Crippen molar-refractivity contribution in [1.29, 1.82) is 0 Å². The summed E-state index contributed by atoms with van der Waals surface area (Å²) in [5.41, 5.74) is 0. The molecule has 0 unspecified atom stereocenters. The molecule has 0 heterocycles. The van der Waals surface area contributed by atoms with E-state index in [0.717, 1.165) is 0 Å². The van der Waals surface area contributed by atoms with Crippen LogP contribution in [0.1, 0.15) is 6.92 Å². The van der Waals surface area contributed by atoms with Crippen molar-refractivity contribution in [2.45, 2.75) is 6.92 Å². The Morgan fingerprint density at radius 1 is 2.00 bits per heavy atom. The normalized spacial score (nSPS) is 9.50. The van der Waals surface area contributed by atoms with Gasteiger partial charge in [0.05, 0.1) is 0 Å². The molecule has 6 heavy (non-hydrogen) atoms. The van der Waals surface area contributed by atoms with Gasteiger partial charge in [0.1, 0.15) is 6.54 Å². The summed E-state index contributed by atoms with van der Waals surface area (Å²) < 4.78 is 0. The fourth-order valence-electron chi connectivity index (χ4n) is 0.129. The van der Waals surface area contributed by atoms with Gasteiger partial charge < -0.3 is 0 Å². The van der Waals surface area contributed by atoms with Crippen molar-refractivity contribution in [2.75, 3.05) is 6.54 Å². The van der Waals surface area contributed by atoms with E-state index in [1.54, 1.807) is 19.4 Å². The van der Waals surface area contributed by atoms with Crippen LogP contribution in [0.25, 0.3) is 0 Å². The lowest BCUT2D eigenvalue weighted by atomic mass is 10.7. The lowest BCUT2D eigenvalue weighted by molar-refractivity contribution is 0.556. The number of nitrogens with zero attached hydrogens (tertiary/aromatic N) is 1. The van der Waals surface area contributed by atoms with Crippen LogP contribution >= 0.6 is 0 Å². The summed E-state index contributed by atoms with van der Waals surface area (Å²) in [7, 11) is 0. The SMILES string of the molecule is CC=NC[C]=O. The lowest BCUT2D eigenvalue weighted by Crippen LogP contribution is -1.76. The Labute approximate surface area is 36.9 Å². The van der Waals surface area contributed by atoms with Crippen molar-refractivity contribution in [1.82, 2.24) is 0 Å². The average Bonchev–Trinajstić information content (AvgIpc) is 1.61. The van der Waals surface area contributed by atoms with E-state index in [4.69, 9.17) is 0 Å². The minimum atomic E-state index is 0.177. The van der Waals surface area contributed by atoms with Gasteiger partial charge in [-0.3, -0.25) is 9.79 Å². The molecule has 0 rings (SSSR count). The highest BCUT2D eigenvalue weighted by molar-refractivity contribution is 5.60. The maximum atomic E-state index is 9.32. The molecule has 33 valence electrons. The zero-order valence-electron chi connectivity index (χ0n) is 3.64. The van der Waals surface area contributed by atoms with E-state index in [1.807, 2.05) is 0 Å². The molecule has 0 saturated heterocycles. The molecule has 0 aromatic heterocycles. The van der Waals surface area contributed by atoms with Gasteiger partial charge in [-0.25, -0.2) is 0 Å². The Morgan fingerprint density at radius 3 is 2.83 bits per heavy atom. The van der Waals surface area contributed by atoms with Crippen LogP contribution in [0.5, 0.6) is 0 Å². The van der Waals surface area contributed by atoms with Crippen LogP contribution in [0.3, 0.4) is 0 Å². The highest BCUT2D eigenvalue weighted by atomic mass is 16.1. The average molecular weight is 84.1 g/mol. The van der Waals surface area contributed by atoms with Crippen LogP contribution in [-0.2, 0) is 4.79 Å². The van der Waals surface area contributed by atoms with E-state index in [0.29, 0.717) is 0 Å². The standard InChI is InChI=1S/C4H6NO/c1-2-5-3-4-6/h2H,3H2,1H3. The van der Waals surface area contributed by atoms with Crippen LogP contribution in [0.15, 0.2) is 4.99 Å². The summed E-state index contributed by atoms with van der Waals surface area (Å²) >= 11 is 0. The van der Waals surface area contributed by atoms with E-state index in [2.05, 4.69) is 4.99 Å². The Morgan fingerprint density at radius 2 is 2.67 bits per heavy atom. The van der Waals surface area contributed by atoms with Crippen LogP contribution in [0.2, 0.25) is 0 Å². The zero-order chi connectivity index (χ0) is 4.83. The first-order valence-corrected chi connectivity index (χ1v) is 1.71. The molecule has 0 amide bonds. The molecule has 0 aliphatic carbocycles. The van der Waals surface area contributed by atoms with E-state index < -0.39 is 0 Å². The number of aliphatic imine (C=N–C) groups is 1. The molecule has 1 radical (unpaired) electrons. The Hall–Kier alpha value is -0.660. The molecule has 0 N–H and O–H groups in total. The predicted molar refractivity (Wildman–Crippen MR) is 24.7 cm³/mol. The second kappa shape index (κ2) is 4.34. The van der Waals surface area contributed by atoms with Gasteiger partial charge in [0.2, 0.25) is 6.29 Å². The van der Waals surface area contributed by atoms with Crippen molar-refractivity contribution in [3.8, 4) is 0 Å². The second-order valence-electron chi connectivity index (χ2n) is 0.743. The Kier molecular flexibility index (Phi) is 3.86. The molecule has 0 aromatic carbocycles. The van der Waals surface area contributed by atoms with Gasteiger partial charge in [0.25, 0.3) is 0 Å². The third-order valence-electron chi connectivity index (χ3n) is 0.338. The number of rotatable bonds is 2. The first-order valence-electron chi connectivity index (χ1n) is 1.71. The van der Waals surface area contributed by atoms with Crippen molar-refractivity contribution >= 4 is 12.5 Å². The maximum Gasteiger partial charge on any atom is 0.221 e. The van der Waals surface area contributed by atoms with Crippen molar-refractivity contribution < 1.29 is 4.79 Å². The monoisotopic (exact) mass is 84.0 g/mol. The Balaban J connectivity index is 2.85. The third-order valence-corrected chi connectivity index (χ3v) is 0.338. The van der Waals surface area contributed by atoms with Crippen molar-refractivity contribution in [3.63, 3.8) is 0 Å². The second-order valence-corrected chi connectivity index (χ2v) is 0.743. The maximum absolute atomic E-state index is 9.32. The van der Waals surface area contributed by atoms with Gasteiger partial charge in [-0.2, -0.15) is 0 Å². The summed E-state index contributed by atoms with van der Waals surface area (Å²) in [5, 5.41) is 0. The summed E-state index contributed by atoms with van der Waals surface area (Å²) in [4.78, 5) is 12.9. The lowest BCUT2D eigenvalue weighted by Gasteiger charge is -1.66. The molecule has 0 spiro atoms. The molecule has 0 bridgehead atoms. The molecule has 0 aliphatic heterocycles. The van der Waals surface area contributed by atoms with E-state index >= 15 is 0 Å². The summed E-state index contributed by atoms with van der Waals surface area (Å²) in [6, 6.07) is 0. The molecular formula is C4H6NO. The number of hydrogen-bond acceptors (Lipinski definition) is 2. The third kappa shape index (κ3) is 3.34. The highest BCUT2D eigenvalue weighted by Gasteiger charge is 1.65. The van der Waals surface area contributed by atoms with Crippen molar-refractivity contribution in [3.05, 3.63) is 0 Å². The van der Waals surface area contributed by atoms with Crippen LogP contribution < -0.4 is 0 Å². The van der Waals surface area contributed by atoms with Crippen LogP contribution in [0, 0.1) is 0 Å². The molecular weight excluding hydrogens is 78.0 g/mol. The summed E-state index contributed by atoms with van der Waals surface area (Å²) in [6.07, 6.45) is 3.20. The minimum absolute atomic E-state index is 0.177. The fraction of sp³-hybridized carbons (Fsp3) is 0.500. The first kappa shape index (κ1) is 5.34. The van der Waals surface area contributed by atoms with E-state index in [1.165, 1.54) is 0 Å². The quantitative estimate of drug-likeness (QED) is 0.439. The van der Waals surface area contributed by atoms with Gasteiger partial charge in [-0.05, 0) is 13.1 Å². The van der Waals surface area contributed by atoms with Gasteiger partial charge >= 0.3 is 0 Å². The number of carbonyl (C=O) groups excluding carboxylic acids is 1. The molecule has 2 heteroatoms. The molecule has 2 nitrogen and oxygen atoms in total. The van der Waals surface area contributed by atoms with E-state index in [-0.39, 0.29) is 6.54 Å². The molecule has 0 fully saturated rings. The largest absolute Gasteiger partial charge is 0.289 e. The molecule has 0 aromatic rings. The smallest absolute Gasteiger partial charge is 0.221 e. The first-order chi connectivity index (χ1) is 2.91.